The lowest BCUT2D eigenvalue weighted by molar-refractivity contribution is -0.278. The minimum absolute atomic E-state index is 0.0206. The highest BCUT2D eigenvalue weighted by Gasteiger charge is 2.50. The molecule has 1 amide bonds. The zero-order chi connectivity index (χ0) is 27.7. The zero-order valence-corrected chi connectivity index (χ0v) is 22.4. The van der Waals surface area contributed by atoms with E-state index in [9.17, 15) is 18.0 Å². The van der Waals surface area contributed by atoms with Crippen LogP contribution in [-0.2, 0) is 49.4 Å². The second-order valence-corrected chi connectivity index (χ2v) is 10.4. The van der Waals surface area contributed by atoms with Gasteiger partial charge in [-0.1, -0.05) is 54.1 Å². The molecule has 1 N–H and O–H groups in total. The van der Waals surface area contributed by atoms with Gasteiger partial charge in [0, 0.05) is 13.8 Å². The first-order valence-corrected chi connectivity index (χ1v) is 13.5. The van der Waals surface area contributed by atoms with E-state index < -0.39 is 59.2 Å². The number of amides is 1. The Kier molecular flexibility index (Phi) is 10.6. The van der Waals surface area contributed by atoms with Crippen LogP contribution >= 0.6 is 0 Å². The van der Waals surface area contributed by atoms with E-state index in [1.165, 1.54) is 32.1 Å². The number of carbonyl (C=O) groups excluding carboxylic acids is 2. The summed E-state index contributed by atoms with van der Waals surface area (Å²) >= 11 is 0. The first kappa shape index (κ1) is 29.5. The molecule has 1 aliphatic rings. The maximum Gasteiger partial charge on any atom is 0.303 e. The molecule has 38 heavy (non-hydrogen) atoms. The predicted octanol–water partition coefficient (Wildman–Crippen LogP) is 2.65. The van der Waals surface area contributed by atoms with Crippen LogP contribution in [0.1, 0.15) is 25.0 Å². The number of hydrogen-bond acceptors (Lipinski definition) is 9. The van der Waals surface area contributed by atoms with Crippen molar-refractivity contribution in [3.63, 3.8) is 0 Å². The van der Waals surface area contributed by atoms with Gasteiger partial charge in [0.05, 0.1) is 24.7 Å². The van der Waals surface area contributed by atoms with Crippen molar-refractivity contribution in [1.82, 2.24) is 5.32 Å². The van der Waals surface area contributed by atoms with Crippen LogP contribution in [0.15, 0.2) is 72.1 Å². The summed E-state index contributed by atoms with van der Waals surface area (Å²) in [5.74, 6) is -1.05. The number of hydrogen-bond donors (Lipinski definition) is 1. The van der Waals surface area contributed by atoms with Crippen molar-refractivity contribution in [3.8, 4) is 0 Å². The fourth-order valence-electron chi connectivity index (χ4n) is 3.96. The van der Waals surface area contributed by atoms with Crippen LogP contribution in [-0.4, -0.2) is 64.2 Å². The van der Waals surface area contributed by atoms with Crippen LogP contribution in [0.4, 0.5) is 0 Å². The Bertz CT molecular complexity index is 1180. The fraction of sp³-hybridized carbons (Fsp3) is 0.407. The van der Waals surface area contributed by atoms with Crippen molar-refractivity contribution >= 4 is 22.0 Å². The Labute approximate surface area is 223 Å². The molecule has 3 rings (SSSR count). The maximum atomic E-state index is 12.9. The van der Waals surface area contributed by atoms with Gasteiger partial charge >= 0.3 is 5.97 Å². The Hall–Kier alpha value is -3.09. The van der Waals surface area contributed by atoms with Gasteiger partial charge in [0.2, 0.25) is 5.91 Å². The van der Waals surface area contributed by atoms with Crippen molar-refractivity contribution in [2.24, 2.45) is 0 Å². The number of benzene rings is 2. The van der Waals surface area contributed by atoms with Crippen LogP contribution in [0.2, 0.25) is 0 Å². The van der Waals surface area contributed by atoms with E-state index in [4.69, 9.17) is 23.1 Å². The van der Waals surface area contributed by atoms with Crippen LogP contribution < -0.4 is 5.32 Å². The van der Waals surface area contributed by atoms with E-state index in [-0.39, 0.29) is 18.1 Å². The zero-order valence-electron chi connectivity index (χ0n) is 21.6. The highest BCUT2D eigenvalue weighted by atomic mass is 32.2. The molecule has 0 spiro atoms. The summed E-state index contributed by atoms with van der Waals surface area (Å²) < 4.78 is 54.7. The molecule has 0 bridgehead atoms. The molecule has 10 nitrogen and oxygen atoms in total. The van der Waals surface area contributed by atoms with Crippen LogP contribution in [0.3, 0.4) is 0 Å². The van der Waals surface area contributed by atoms with Gasteiger partial charge in [0.25, 0.3) is 10.1 Å². The first-order chi connectivity index (χ1) is 18.1. The third kappa shape index (κ3) is 8.20. The van der Waals surface area contributed by atoms with Gasteiger partial charge in [-0.3, -0.25) is 13.8 Å². The quantitative estimate of drug-likeness (QED) is 0.242. The number of carbonyl (C=O) groups is 2. The number of aryl methyl sites for hydroxylation is 1. The second kappa shape index (κ2) is 13.6. The lowest BCUT2D eigenvalue weighted by Crippen LogP contribution is -2.66. The highest BCUT2D eigenvalue weighted by Crippen LogP contribution is 2.29. The number of esters is 1. The summed E-state index contributed by atoms with van der Waals surface area (Å²) in [6.45, 7) is 7.67. The van der Waals surface area contributed by atoms with Crippen molar-refractivity contribution in [3.05, 3.63) is 78.4 Å². The van der Waals surface area contributed by atoms with Crippen LogP contribution in [0.25, 0.3) is 0 Å². The molecule has 1 saturated heterocycles. The lowest BCUT2D eigenvalue weighted by Gasteiger charge is -2.45. The van der Waals surface area contributed by atoms with Gasteiger partial charge in [-0.15, -0.1) is 6.58 Å². The molecule has 0 unspecified atom stereocenters. The summed E-state index contributed by atoms with van der Waals surface area (Å²) in [4.78, 5) is 24.1. The van der Waals surface area contributed by atoms with Crippen molar-refractivity contribution in [1.29, 1.82) is 0 Å². The molecule has 2 aromatic carbocycles. The van der Waals surface area contributed by atoms with Crippen LogP contribution in [0, 0.1) is 6.92 Å². The third-order valence-corrected chi connectivity index (χ3v) is 6.97. The minimum atomic E-state index is -4.14. The van der Waals surface area contributed by atoms with Gasteiger partial charge < -0.3 is 24.3 Å². The van der Waals surface area contributed by atoms with E-state index in [1.807, 2.05) is 37.3 Å². The fourth-order valence-corrected chi connectivity index (χ4v) is 4.88. The Balaban J connectivity index is 1.93. The van der Waals surface area contributed by atoms with Crippen molar-refractivity contribution in [2.75, 3.05) is 13.2 Å². The van der Waals surface area contributed by atoms with E-state index in [0.29, 0.717) is 0 Å². The van der Waals surface area contributed by atoms with E-state index in [2.05, 4.69) is 11.9 Å². The average Bonchev–Trinajstić information content (AvgIpc) is 2.87. The van der Waals surface area contributed by atoms with E-state index >= 15 is 0 Å². The molecule has 5 atom stereocenters. The number of nitrogens with one attached hydrogen (secondary N) is 1. The molecule has 2 aromatic rings. The van der Waals surface area contributed by atoms with Gasteiger partial charge in [-0.2, -0.15) is 8.42 Å². The minimum Gasteiger partial charge on any atom is -0.457 e. The molecule has 1 fully saturated rings. The SMILES string of the molecule is C=CCO[C@H]1O[C@H](COS(=O)(=O)c2ccc(C)cc2)[C@@H](OCc2ccccc2)[C@H](OC(C)=O)[C@H]1NC(C)=O. The molecule has 11 heteroatoms. The van der Waals surface area contributed by atoms with Gasteiger partial charge in [0.1, 0.15) is 18.2 Å². The van der Waals surface area contributed by atoms with Crippen molar-refractivity contribution < 1.29 is 41.1 Å². The number of rotatable bonds is 12. The Morgan fingerprint density at radius 3 is 2.32 bits per heavy atom. The summed E-state index contributed by atoms with van der Waals surface area (Å²) in [5.41, 5.74) is 1.71. The normalized spacial score (nSPS) is 23.4. The molecule has 0 saturated carbocycles. The molecule has 0 aliphatic carbocycles. The third-order valence-electron chi connectivity index (χ3n) is 5.68. The predicted molar refractivity (Wildman–Crippen MR) is 137 cm³/mol. The topological polar surface area (TPSA) is 126 Å². The largest absolute Gasteiger partial charge is 0.457 e. The molecular weight excluding hydrogens is 514 g/mol. The smallest absolute Gasteiger partial charge is 0.303 e. The van der Waals surface area contributed by atoms with Crippen LogP contribution in [0.5, 0.6) is 0 Å². The molecule has 1 aliphatic heterocycles. The molecule has 206 valence electrons. The highest BCUT2D eigenvalue weighted by molar-refractivity contribution is 7.86. The van der Waals surface area contributed by atoms with E-state index in [0.717, 1.165) is 11.1 Å². The first-order valence-electron chi connectivity index (χ1n) is 12.0. The summed E-state index contributed by atoms with van der Waals surface area (Å²) in [6, 6.07) is 14.5. The van der Waals surface area contributed by atoms with Gasteiger partial charge in [-0.05, 0) is 24.6 Å². The number of ether oxygens (including phenoxy) is 4. The van der Waals surface area contributed by atoms with Crippen molar-refractivity contribution in [2.45, 2.75) is 62.9 Å². The van der Waals surface area contributed by atoms with Gasteiger partial charge in [-0.25, -0.2) is 0 Å². The van der Waals surface area contributed by atoms with E-state index in [1.54, 1.807) is 12.1 Å². The summed E-state index contributed by atoms with van der Waals surface area (Å²) in [5, 5.41) is 2.71. The Morgan fingerprint density at radius 2 is 1.71 bits per heavy atom. The Morgan fingerprint density at radius 1 is 1.03 bits per heavy atom. The molecule has 0 radical (unpaired) electrons. The summed E-state index contributed by atoms with van der Waals surface area (Å²) in [7, 11) is -4.14. The van der Waals surface area contributed by atoms with Gasteiger partial charge in [0.15, 0.2) is 12.4 Å². The maximum absolute atomic E-state index is 12.9. The molecule has 1 heterocycles. The lowest BCUT2D eigenvalue weighted by atomic mass is 9.96. The second-order valence-electron chi connectivity index (χ2n) is 8.78. The average molecular weight is 548 g/mol. The molecule has 0 aromatic heterocycles. The standard InChI is InChI=1S/C27H33NO9S/c1-5-15-33-27-24(28-19(3)29)26(36-20(4)30)25(34-16-21-9-7-6-8-10-21)23(37-27)17-35-38(31,32)22-13-11-18(2)12-14-22/h5-14,23-27H,1,15-17H2,2-4H3,(H,28,29)/t23-,24-,25-,26-,27+/m1/s1. The summed E-state index contributed by atoms with van der Waals surface area (Å²) in [6.07, 6.45) is -2.79. The monoisotopic (exact) mass is 547 g/mol. The molecular formula is C27H33NO9S.